The summed E-state index contributed by atoms with van der Waals surface area (Å²) in [6, 6.07) is 39.4. The third-order valence-electron chi connectivity index (χ3n) is 8.85. The summed E-state index contributed by atoms with van der Waals surface area (Å²) in [7, 11) is 0. The number of aromatic nitrogens is 2. The molecule has 0 amide bonds. The summed E-state index contributed by atoms with van der Waals surface area (Å²) in [4.78, 5) is 0. The van der Waals surface area contributed by atoms with E-state index in [1.807, 2.05) is 12.1 Å². The molecule has 0 N–H and O–H groups in total. The van der Waals surface area contributed by atoms with Crippen LogP contribution < -0.4 is 4.74 Å². The van der Waals surface area contributed by atoms with Crippen molar-refractivity contribution in [1.82, 2.24) is 9.13 Å². The molecule has 0 radical (unpaired) electrons. The van der Waals surface area contributed by atoms with E-state index in [0.717, 1.165) is 35.2 Å². The highest BCUT2D eigenvalue weighted by Gasteiger charge is 2.19. The van der Waals surface area contributed by atoms with Crippen molar-refractivity contribution in [1.29, 1.82) is 0 Å². The molecule has 1 aliphatic rings. The van der Waals surface area contributed by atoms with Crippen LogP contribution in [0.4, 0.5) is 0 Å². The number of allylic oxidation sites excluding steroid dienone is 5. The van der Waals surface area contributed by atoms with Gasteiger partial charge < -0.3 is 13.9 Å². The van der Waals surface area contributed by atoms with E-state index in [0.29, 0.717) is 0 Å². The molecule has 44 heavy (non-hydrogen) atoms. The fourth-order valence-corrected chi connectivity index (χ4v) is 6.93. The van der Waals surface area contributed by atoms with Crippen LogP contribution in [-0.2, 0) is 6.42 Å². The summed E-state index contributed by atoms with van der Waals surface area (Å²) in [6.07, 6.45) is 12.3. The van der Waals surface area contributed by atoms with Gasteiger partial charge in [0, 0.05) is 38.8 Å². The first-order valence-electron chi connectivity index (χ1n) is 15.2. The highest BCUT2D eigenvalue weighted by atomic mass is 16.5. The van der Waals surface area contributed by atoms with Crippen molar-refractivity contribution in [2.24, 2.45) is 0 Å². The first-order valence-corrected chi connectivity index (χ1v) is 15.2. The average Bonchev–Trinajstić information content (AvgIpc) is 3.57. The van der Waals surface area contributed by atoms with Crippen molar-refractivity contribution >= 4 is 49.3 Å². The van der Waals surface area contributed by atoms with Crippen LogP contribution in [0.5, 0.6) is 5.75 Å². The zero-order valence-electron chi connectivity index (χ0n) is 24.5. The Balaban J connectivity index is 1.26. The van der Waals surface area contributed by atoms with Crippen LogP contribution in [-0.4, -0.2) is 9.13 Å². The van der Waals surface area contributed by atoms with E-state index in [1.54, 1.807) is 0 Å². The van der Waals surface area contributed by atoms with Gasteiger partial charge in [0.15, 0.2) is 0 Å². The number of fused-ring (bicyclic) bond motifs is 6. The minimum Gasteiger partial charge on any atom is -0.466 e. The van der Waals surface area contributed by atoms with E-state index in [2.05, 4.69) is 144 Å². The van der Waals surface area contributed by atoms with E-state index in [9.17, 15) is 0 Å². The second kappa shape index (κ2) is 10.6. The Bertz CT molecular complexity index is 2310. The lowest BCUT2D eigenvalue weighted by Crippen LogP contribution is -2.05. The third kappa shape index (κ3) is 4.20. The van der Waals surface area contributed by atoms with E-state index < -0.39 is 0 Å². The fourth-order valence-electron chi connectivity index (χ4n) is 6.93. The van der Waals surface area contributed by atoms with Gasteiger partial charge >= 0.3 is 0 Å². The molecule has 1 aliphatic carbocycles. The molecule has 0 saturated heterocycles. The second-order valence-corrected chi connectivity index (χ2v) is 11.4. The zero-order valence-corrected chi connectivity index (χ0v) is 24.5. The molecule has 3 heteroatoms. The van der Waals surface area contributed by atoms with Crippen molar-refractivity contribution in [3.05, 3.63) is 164 Å². The maximum absolute atomic E-state index is 5.62. The molecule has 5 aromatic carbocycles. The molecule has 7 aromatic rings. The van der Waals surface area contributed by atoms with Gasteiger partial charge in [0.05, 0.1) is 28.3 Å². The lowest BCUT2D eigenvalue weighted by molar-refractivity contribution is 0.484. The molecule has 1 unspecified atom stereocenters. The van der Waals surface area contributed by atoms with Crippen molar-refractivity contribution < 1.29 is 4.74 Å². The molecule has 3 nitrogen and oxygen atoms in total. The molecule has 1 atom stereocenters. The summed E-state index contributed by atoms with van der Waals surface area (Å²) in [5, 5.41) is 4.92. The summed E-state index contributed by atoms with van der Waals surface area (Å²) in [5.74, 6) is 1.04. The van der Waals surface area contributed by atoms with Gasteiger partial charge in [0.2, 0.25) is 0 Å². The summed E-state index contributed by atoms with van der Waals surface area (Å²) in [6.45, 7) is 7.69. The Morgan fingerprint density at radius 2 is 1.43 bits per heavy atom. The first-order chi connectivity index (χ1) is 21.7. The zero-order chi connectivity index (χ0) is 29.6. The summed E-state index contributed by atoms with van der Waals surface area (Å²) >= 11 is 0. The molecule has 0 fully saturated rings. The van der Waals surface area contributed by atoms with Gasteiger partial charge in [-0.05, 0) is 78.6 Å². The Kier molecular flexibility index (Phi) is 6.31. The van der Waals surface area contributed by atoms with Crippen LogP contribution in [0.15, 0.2) is 153 Å². The molecule has 0 spiro atoms. The Morgan fingerprint density at radius 3 is 2.25 bits per heavy atom. The van der Waals surface area contributed by atoms with Gasteiger partial charge in [0.1, 0.15) is 5.75 Å². The number of ether oxygens (including phenoxy) is 1. The molecule has 0 bridgehead atoms. The Labute approximate surface area is 256 Å². The molecular weight excluding hydrogens is 536 g/mol. The molecule has 2 aromatic heterocycles. The van der Waals surface area contributed by atoms with Gasteiger partial charge in [-0.2, -0.15) is 0 Å². The molecule has 2 heterocycles. The molecular formula is C41H32N2O. The van der Waals surface area contributed by atoms with Crippen molar-refractivity contribution in [3.63, 3.8) is 0 Å². The van der Waals surface area contributed by atoms with Crippen LogP contribution in [0.1, 0.15) is 23.5 Å². The molecule has 0 saturated carbocycles. The topological polar surface area (TPSA) is 19.1 Å². The number of rotatable bonds is 7. The normalized spacial score (nSPS) is 14.8. The quantitative estimate of drug-likeness (QED) is 0.138. The highest BCUT2D eigenvalue weighted by Crippen LogP contribution is 2.38. The van der Waals surface area contributed by atoms with Crippen molar-refractivity contribution in [2.45, 2.75) is 18.8 Å². The molecule has 0 aliphatic heterocycles. The number of para-hydroxylation sites is 2. The van der Waals surface area contributed by atoms with E-state index in [4.69, 9.17) is 4.74 Å². The fraction of sp³-hybridized carbons (Fsp3) is 0.0732. The van der Waals surface area contributed by atoms with Crippen molar-refractivity contribution in [3.8, 4) is 11.4 Å². The maximum Gasteiger partial charge on any atom is 0.127 e. The molecule has 212 valence electrons. The monoisotopic (exact) mass is 568 g/mol. The number of benzene rings is 5. The lowest BCUT2D eigenvalue weighted by Gasteiger charge is -2.20. The third-order valence-corrected chi connectivity index (χ3v) is 8.85. The minimum absolute atomic E-state index is 0.253. The molecule has 8 rings (SSSR count). The van der Waals surface area contributed by atoms with Gasteiger partial charge in [-0.25, -0.2) is 0 Å². The second-order valence-electron chi connectivity index (χ2n) is 11.4. The van der Waals surface area contributed by atoms with Gasteiger partial charge in [-0.1, -0.05) is 85.5 Å². The van der Waals surface area contributed by atoms with Crippen molar-refractivity contribution in [2.75, 3.05) is 0 Å². The SMILES string of the molecule is C=CCc1ccc2c3ccccc3n(C3=CC(c4cccc(-n5c6ccccc6c6cc(OC=C)ccc65)c4)CC=C3)c2c1. The first kappa shape index (κ1) is 26.1. The van der Waals surface area contributed by atoms with Gasteiger partial charge in [-0.3, -0.25) is 0 Å². The largest absolute Gasteiger partial charge is 0.466 e. The smallest absolute Gasteiger partial charge is 0.127 e. The lowest BCUT2D eigenvalue weighted by atomic mass is 9.91. The van der Waals surface area contributed by atoms with Crippen LogP contribution in [0.25, 0.3) is 55.0 Å². The number of nitrogens with zero attached hydrogens (tertiary/aromatic N) is 2. The van der Waals surface area contributed by atoms with Gasteiger partial charge in [0.25, 0.3) is 0 Å². The number of hydrogen-bond acceptors (Lipinski definition) is 1. The number of hydrogen-bond donors (Lipinski definition) is 0. The van der Waals surface area contributed by atoms with E-state index in [1.165, 1.54) is 55.8 Å². The van der Waals surface area contributed by atoms with Crippen LogP contribution in [0.2, 0.25) is 0 Å². The predicted molar refractivity (Wildman–Crippen MR) is 186 cm³/mol. The summed E-state index contributed by atoms with van der Waals surface area (Å²) < 4.78 is 10.4. The summed E-state index contributed by atoms with van der Waals surface area (Å²) in [5.41, 5.74) is 9.73. The Morgan fingerprint density at radius 1 is 0.682 bits per heavy atom. The highest BCUT2D eigenvalue weighted by molar-refractivity contribution is 6.11. The minimum atomic E-state index is 0.253. The standard InChI is InChI=1S/C41H32N2O/c1-3-11-28-20-22-36-34-16-5-7-18-38(34)43(41(36)24-28)32-15-10-13-30(26-32)29-12-9-14-31(25-29)42-39-19-8-6-17-35(39)37-27-33(44-4-2)21-23-40(37)42/h3-10,12,14-27,30H,1-2,11,13H2. The van der Waals surface area contributed by atoms with Crippen LogP contribution >= 0.6 is 0 Å². The van der Waals surface area contributed by atoms with E-state index >= 15 is 0 Å². The van der Waals surface area contributed by atoms with Crippen LogP contribution in [0.3, 0.4) is 0 Å². The maximum atomic E-state index is 5.62. The Hall–Kier alpha value is -5.54. The average molecular weight is 569 g/mol. The predicted octanol–water partition coefficient (Wildman–Crippen LogP) is 10.7. The van der Waals surface area contributed by atoms with Crippen LogP contribution in [0, 0.1) is 0 Å². The van der Waals surface area contributed by atoms with Gasteiger partial charge in [-0.15, -0.1) is 6.58 Å². The van der Waals surface area contributed by atoms with E-state index in [-0.39, 0.29) is 5.92 Å².